The van der Waals surface area contributed by atoms with Gasteiger partial charge >= 0.3 is 6.09 Å². The van der Waals surface area contributed by atoms with E-state index in [1.165, 1.54) is 0 Å². The Kier molecular flexibility index (Phi) is 11.5. The number of nitriles is 1. The number of hydrogen-bond donors (Lipinski definition) is 1. The lowest BCUT2D eigenvalue weighted by Crippen LogP contribution is -2.50. The van der Waals surface area contributed by atoms with Crippen LogP contribution in [-0.2, 0) is 22.6 Å². The molecule has 0 aliphatic carbocycles. The number of carbonyl (C=O) groups excluding carboxylic acids is 1. The van der Waals surface area contributed by atoms with Crippen LogP contribution >= 0.6 is 23.2 Å². The van der Waals surface area contributed by atoms with Crippen LogP contribution in [0.25, 0.3) is 11.0 Å². The number of halogens is 2. The summed E-state index contributed by atoms with van der Waals surface area (Å²) in [5, 5.41) is 15.0. The predicted molar refractivity (Wildman–Crippen MR) is 202 cm³/mol. The van der Waals surface area contributed by atoms with Crippen LogP contribution in [0, 0.1) is 11.3 Å². The number of rotatable bonds is 11. The Bertz CT molecular complexity index is 1870. The van der Waals surface area contributed by atoms with Crippen LogP contribution in [0.4, 0.5) is 22.0 Å². The van der Waals surface area contributed by atoms with Gasteiger partial charge < -0.3 is 33.9 Å². The minimum absolute atomic E-state index is 0.236. The van der Waals surface area contributed by atoms with Gasteiger partial charge in [0, 0.05) is 63.0 Å². The van der Waals surface area contributed by atoms with Crippen molar-refractivity contribution in [2.45, 2.75) is 65.2 Å². The lowest BCUT2D eigenvalue weighted by Gasteiger charge is -2.37. The number of amides is 1. The summed E-state index contributed by atoms with van der Waals surface area (Å²) in [6, 6.07) is 14.6. The van der Waals surface area contributed by atoms with Crippen molar-refractivity contribution in [3.8, 4) is 11.8 Å². The molecule has 0 unspecified atom stereocenters. The van der Waals surface area contributed by atoms with Gasteiger partial charge in [-0.1, -0.05) is 48.9 Å². The average molecular weight is 739 g/mol. The van der Waals surface area contributed by atoms with Crippen LogP contribution in [0.2, 0.25) is 35.7 Å². The number of benzene rings is 2. The molecule has 1 fully saturated rings. The van der Waals surface area contributed by atoms with Crippen molar-refractivity contribution in [2.24, 2.45) is 0 Å². The zero-order valence-corrected chi connectivity index (χ0v) is 32.3. The molecule has 4 aromatic rings. The predicted octanol–water partition coefficient (Wildman–Crippen LogP) is 8.32. The zero-order chi connectivity index (χ0) is 36.2. The fraction of sp³-hybridized carbons (Fsp3) is 0.444. The van der Waals surface area contributed by atoms with E-state index in [0.717, 1.165) is 11.7 Å². The van der Waals surface area contributed by atoms with E-state index in [4.69, 9.17) is 47.4 Å². The highest BCUT2D eigenvalue weighted by Gasteiger charge is 2.27. The van der Waals surface area contributed by atoms with Gasteiger partial charge in [0.2, 0.25) is 0 Å². The number of pyridine rings is 1. The number of methoxy groups -OCH3 is 1. The fourth-order valence-corrected chi connectivity index (χ4v) is 6.92. The highest BCUT2D eigenvalue weighted by atomic mass is 35.5. The molecule has 1 amide bonds. The average Bonchev–Trinajstić information content (AvgIpc) is 3.48. The summed E-state index contributed by atoms with van der Waals surface area (Å²) >= 11 is 13.2. The zero-order valence-electron chi connectivity index (χ0n) is 29.8. The van der Waals surface area contributed by atoms with Gasteiger partial charge in [0.15, 0.2) is 5.82 Å². The molecule has 0 bridgehead atoms. The Morgan fingerprint density at radius 1 is 1.08 bits per heavy atom. The number of carbonyl (C=O) groups is 1. The minimum Gasteiger partial charge on any atom is -0.495 e. The molecule has 11 nitrogen and oxygen atoms in total. The molecule has 266 valence electrons. The van der Waals surface area contributed by atoms with Gasteiger partial charge in [-0.3, -0.25) is 0 Å². The maximum Gasteiger partial charge on any atom is 0.410 e. The normalized spacial score (nSPS) is 13.8. The molecule has 5 rings (SSSR count). The van der Waals surface area contributed by atoms with E-state index in [1.807, 2.05) is 43.5 Å². The topological polar surface area (TPSA) is 118 Å². The molecule has 0 radical (unpaired) electrons. The van der Waals surface area contributed by atoms with Gasteiger partial charge in [0.1, 0.15) is 35.2 Å². The second-order valence-electron chi connectivity index (χ2n) is 14.5. The summed E-state index contributed by atoms with van der Waals surface area (Å²) in [4.78, 5) is 26.3. The summed E-state index contributed by atoms with van der Waals surface area (Å²) in [7, 11) is 0.301. The minimum atomic E-state index is -1.30. The van der Waals surface area contributed by atoms with Crippen molar-refractivity contribution in [1.29, 1.82) is 5.26 Å². The number of anilines is 3. The Labute approximate surface area is 305 Å². The summed E-state index contributed by atoms with van der Waals surface area (Å²) in [6.45, 7) is 15.7. The molecule has 1 aliphatic heterocycles. The Morgan fingerprint density at radius 3 is 2.40 bits per heavy atom. The van der Waals surface area contributed by atoms with Crippen LogP contribution in [0.5, 0.6) is 5.75 Å². The Balaban J connectivity index is 1.50. The molecule has 1 N–H and O–H groups in total. The van der Waals surface area contributed by atoms with Crippen LogP contribution in [0.15, 0.2) is 42.7 Å². The number of nitrogens with one attached hydrogen (secondary N) is 1. The van der Waals surface area contributed by atoms with E-state index in [-0.39, 0.29) is 12.8 Å². The van der Waals surface area contributed by atoms with Crippen molar-refractivity contribution in [2.75, 3.05) is 50.1 Å². The maximum absolute atomic E-state index is 12.6. The van der Waals surface area contributed by atoms with E-state index < -0.39 is 13.7 Å². The van der Waals surface area contributed by atoms with Crippen molar-refractivity contribution >= 4 is 65.6 Å². The van der Waals surface area contributed by atoms with Crippen molar-refractivity contribution < 1.29 is 19.0 Å². The summed E-state index contributed by atoms with van der Waals surface area (Å²) < 4.78 is 19.3. The fourth-order valence-electron chi connectivity index (χ4n) is 5.63. The highest BCUT2D eigenvalue weighted by Crippen LogP contribution is 2.36. The molecule has 14 heteroatoms. The number of hydrogen-bond acceptors (Lipinski definition) is 9. The number of ether oxygens (including phenoxy) is 3. The molecule has 2 aromatic carbocycles. The molecule has 1 saturated heterocycles. The molecule has 0 atom stereocenters. The molecule has 50 heavy (non-hydrogen) atoms. The Hall–Kier alpha value is -4.02. The second-order valence-corrected chi connectivity index (χ2v) is 20.9. The summed E-state index contributed by atoms with van der Waals surface area (Å²) in [6.07, 6.45) is 1.66. The highest BCUT2D eigenvalue weighted by molar-refractivity contribution is 6.76. The molecule has 0 spiro atoms. The van der Waals surface area contributed by atoms with Gasteiger partial charge in [-0.2, -0.15) is 5.26 Å². The lowest BCUT2D eigenvalue weighted by molar-refractivity contribution is 0.0240. The standard InChI is InChI=1S/C36H45Cl2N7O4Si/c1-36(2,3)49-35(46)44-15-13-43(14-16-44)24-11-12-31(47-4)29(19-24)41-34-26(21-39)33-32(40-22-45(33)23-48-17-18-50(5,6)7)30(42-34)20-25-27(37)9-8-10-28(25)38/h8-12,19,22H,13-18,20,23H2,1-7H3,(H,41,42). The quantitative estimate of drug-likeness (QED) is 0.120. The second kappa shape index (κ2) is 15.5. The number of fused-ring (bicyclic) bond motifs is 1. The van der Waals surface area contributed by atoms with Crippen molar-refractivity contribution in [3.05, 3.63) is 69.6 Å². The number of aromatic nitrogens is 3. The van der Waals surface area contributed by atoms with E-state index in [9.17, 15) is 10.1 Å². The first kappa shape index (κ1) is 37.2. The van der Waals surface area contributed by atoms with Crippen LogP contribution in [0.1, 0.15) is 37.6 Å². The first-order valence-electron chi connectivity index (χ1n) is 16.6. The van der Waals surface area contributed by atoms with E-state index in [2.05, 4.69) is 35.9 Å². The summed E-state index contributed by atoms with van der Waals surface area (Å²) in [5.41, 5.74) is 3.81. The number of piperazine rings is 1. The largest absolute Gasteiger partial charge is 0.495 e. The van der Waals surface area contributed by atoms with Gasteiger partial charge in [-0.25, -0.2) is 14.8 Å². The van der Waals surface area contributed by atoms with Crippen LogP contribution in [0.3, 0.4) is 0 Å². The monoisotopic (exact) mass is 737 g/mol. The number of nitrogens with zero attached hydrogens (tertiary/aromatic N) is 6. The maximum atomic E-state index is 12.6. The van der Waals surface area contributed by atoms with E-state index in [1.54, 1.807) is 36.5 Å². The van der Waals surface area contributed by atoms with Crippen molar-refractivity contribution in [1.82, 2.24) is 19.4 Å². The smallest absolute Gasteiger partial charge is 0.410 e. The molecule has 1 aliphatic rings. The Morgan fingerprint density at radius 2 is 1.78 bits per heavy atom. The first-order chi connectivity index (χ1) is 23.7. The van der Waals surface area contributed by atoms with Gasteiger partial charge in [-0.05, 0) is 62.7 Å². The molecule has 3 heterocycles. The van der Waals surface area contributed by atoms with E-state index in [0.29, 0.717) is 94.4 Å². The van der Waals surface area contributed by atoms with Gasteiger partial charge in [0.25, 0.3) is 0 Å². The van der Waals surface area contributed by atoms with Crippen LogP contribution < -0.4 is 15.0 Å². The van der Waals surface area contributed by atoms with Gasteiger partial charge in [-0.15, -0.1) is 0 Å². The molecule has 2 aromatic heterocycles. The van der Waals surface area contributed by atoms with Crippen LogP contribution in [-0.4, -0.2) is 79.1 Å². The first-order valence-corrected chi connectivity index (χ1v) is 21.1. The molecular formula is C36H45Cl2N7O4Si. The SMILES string of the molecule is COc1ccc(N2CCN(C(=O)OC(C)(C)C)CC2)cc1Nc1nc(Cc2c(Cl)cccc2Cl)c2ncn(COCC[Si](C)(C)C)c2c1C#N. The third kappa shape index (κ3) is 9.00. The van der Waals surface area contributed by atoms with E-state index >= 15 is 0 Å². The lowest BCUT2D eigenvalue weighted by atomic mass is 10.1. The molecular weight excluding hydrogens is 693 g/mol. The third-order valence-corrected chi connectivity index (χ3v) is 10.7. The van der Waals surface area contributed by atoms with Gasteiger partial charge in [0.05, 0.1) is 30.3 Å². The molecule has 0 saturated carbocycles. The number of imidazole rings is 1. The third-order valence-electron chi connectivity index (χ3n) is 8.31. The van der Waals surface area contributed by atoms with Crippen molar-refractivity contribution in [3.63, 3.8) is 0 Å². The summed E-state index contributed by atoms with van der Waals surface area (Å²) in [5.74, 6) is 0.915.